The highest BCUT2D eigenvalue weighted by molar-refractivity contribution is 6.28. The van der Waals surface area contributed by atoms with Crippen molar-refractivity contribution in [3.05, 3.63) is 70.0 Å². The van der Waals surface area contributed by atoms with Gasteiger partial charge in [-0.2, -0.15) is 25.5 Å². The van der Waals surface area contributed by atoms with Gasteiger partial charge in [0.25, 0.3) is 0 Å². The molecule has 3 rings (SSSR count). The molecule has 0 saturated heterocycles. The van der Waals surface area contributed by atoms with E-state index in [1.54, 1.807) is 30.3 Å². The summed E-state index contributed by atoms with van der Waals surface area (Å²) in [6.45, 7) is 3.91. The number of aryl methyl sites for hydroxylation is 2. The Morgan fingerprint density at radius 3 is 2.14 bits per heavy atom. The first-order valence-electron chi connectivity index (χ1n) is 8.61. The molecular formula is C21H16ClN7. The summed E-state index contributed by atoms with van der Waals surface area (Å²) in [5.41, 5.74) is 5.01. The summed E-state index contributed by atoms with van der Waals surface area (Å²) in [5.74, 6) is 0.578. The minimum atomic E-state index is 0.0440. The third kappa shape index (κ3) is 5.07. The molecule has 0 aliphatic carbocycles. The smallest absolute Gasteiger partial charge is 0.233 e. The fourth-order valence-electron chi connectivity index (χ4n) is 2.75. The summed E-state index contributed by atoms with van der Waals surface area (Å²) in [5, 5.41) is 23.9. The van der Waals surface area contributed by atoms with Gasteiger partial charge in [-0.05, 0) is 84.6 Å². The van der Waals surface area contributed by atoms with Crippen LogP contribution >= 0.6 is 11.6 Å². The molecule has 0 bridgehead atoms. The van der Waals surface area contributed by atoms with Crippen LogP contribution in [0.3, 0.4) is 0 Å². The van der Waals surface area contributed by atoms with Gasteiger partial charge in [0.1, 0.15) is 0 Å². The van der Waals surface area contributed by atoms with Gasteiger partial charge in [0.2, 0.25) is 17.2 Å². The SMILES string of the molecule is Cc1cc(/C=C/C#N)cc(C)c1Nc1nc(Cl)nc(Nc2ccc(C#N)cc2)n1. The van der Waals surface area contributed by atoms with Crippen molar-refractivity contribution in [2.75, 3.05) is 10.6 Å². The predicted molar refractivity (Wildman–Crippen MR) is 113 cm³/mol. The van der Waals surface area contributed by atoms with Gasteiger partial charge in [-0.15, -0.1) is 0 Å². The van der Waals surface area contributed by atoms with Gasteiger partial charge in [-0.1, -0.05) is 0 Å². The van der Waals surface area contributed by atoms with Crippen LogP contribution in [0.15, 0.2) is 42.5 Å². The van der Waals surface area contributed by atoms with Gasteiger partial charge in [-0.3, -0.25) is 0 Å². The number of halogens is 1. The van der Waals surface area contributed by atoms with Gasteiger partial charge < -0.3 is 10.6 Å². The monoisotopic (exact) mass is 401 g/mol. The number of benzene rings is 2. The second-order valence-corrected chi connectivity index (χ2v) is 6.52. The maximum atomic E-state index is 8.89. The lowest BCUT2D eigenvalue weighted by Gasteiger charge is -2.13. The Bertz CT molecular complexity index is 1130. The van der Waals surface area contributed by atoms with Crippen molar-refractivity contribution in [1.82, 2.24) is 15.0 Å². The average Bonchev–Trinajstić information content (AvgIpc) is 2.69. The van der Waals surface area contributed by atoms with Crippen LogP contribution in [-0.4, -0.2) is 15.0 Å². The molecule has 0 amide bonds. The van der Waals surface area contributed by atoms with Crippen molar-refractivity contribution < 1.29 is 0 Å². The number of nitrogens with one attached hydrogen (secondary N) is 2. The summed E-state index contributed by atoms with van der Waals surface area (Å²) in [4.78, 5) is 12.6. The van der Waals surface area contributed by atoms with Crippen molar-refractivity contribution in [3.63, 3.8) is 0 Å². The van der Waals surface area contributed by atoms with E-state index in [1.165, 1.54) is 6.08 Å². The molecule has 0 saturated carbocycles. The van der Waals surface area contributed by atoms with Gasteiger partial charge in [0.15, 0.2) is 0 Å². The Kier molecular flexibility index (Phi) is 6.03. The fraction of sp³-hybridized carbons (Fsp3) is 0.0952. The van der Waals surface area contributed by atoms with Crippen LogP contribution in [0.1, 0.15) is 22.3 Å². The summed E-state index contributed by atoms with van der Waals surface area (Å²) in [6.07, 6.45) is 3.19. The van der Waals surface area contributed by atoms with Crippen molar-refractivity contribution >= 4 is 40.9 Å². The molecule has 1 aromatic heterocycles. The van der Waals surface area contributed by atoms with Gasteiger partial charge in [0.05, 0.1) is 17.7 Å². The molecule has 0 atom stereocenters. The van der Waals surface area contributed by atoms with Gasteiger partial charge in [0, 0.05) is 17.5 Å². The lowest BCUT2D eigenvalue weighted by molar-refractivity contribution is 1.06. The number of nitriles is 2. The number of aromatic nitrogens is 3. The van der Waals surface area contributed by atoms with E-state index in [-0.39, 0.29) is 11.2 Å². The Morgan fingerprint density at radius 2 is 1.55 bits per heavy atom. The van der Waals surface area contributed by atoms with E-state index in [1.807, 2.05) is 32.0 Å². The fourth-order valence-corrected chi connectivity index (χ4v) is 2.91. The minimum Gasteiger partial charge on any atom is -0.324 e. The molecule has 0 fully saturated rings. The van der Waals surface area contributed by atoms with Gasteiger partial charge >= 0.3 is 0 Å². The van der Waals surface area contributed by atoms with E-state index in [2.05, 4.69) is 31.7 Å². The zero-order valence-corrected chi connectivity index (χ0v) is 16.5. The van der Waals surface area contributed by atoms with Crippen LogP contribution in [-0.2, 0) is 0 Å². The standard InChI is InChI=1S/C21H16ClN7/c1-13-10-16(4-3-9-23)11-14(2)18(13)26-21-28-19(22)27-20(29-21)25-17-7-5-15(12-24)6-8-17/h3-8,10-11H,1-2H3,(H2,25,26,27,28,29)/b4-3+. The molecule has 0 unspecified atom stereocenters. The lowest BCUT2D eigenvalue weighted by atomic mass is 10.0. The Labute approximate surface area is 173 Å². The minimum absolute atomic E-state index is 0.0440. The third-order valence-corrected chi connectivity index (χ3v) is 4.19. The summed E-state index contributed by atoms with van der Waals surface area (Å²) < 4.78 is 0. The second kappa shape index (κ2) is 8.83. The van der Waals surface area contributed by atoms with Crippen molar-refractivity contribution in [1.29, 1.82) is 10.5 Å². The number of nitrogens with zero attached hydrogens (tertiary/aromatic N) is 5. The van der Waals surface area contributed by atoms with Gasteiger partial charge in [-0.25, -0.2) is 0 Å². The van der Waals surface area contributed by atoms with E-state index >= 15 is 0 Å². The molecule has 2 N–H and O–H groups in total. The highest BCUT2D eigenvalue weighted by Crippen LogP contribution is 2.26. The first-order valence-corrected chi connectivity index (χ1v) is 8.99. The topological polar surface area (TPSA) is 110 Å². The molecule has 0 aliphatic rings. The van der Waals surface area contributed by atoms with Crippen LogP contribution in [0.25, 0.3) is 6.08 Å². The molecule has 8 heteroatoms. The second-order valence-electron chi connectivity index (χ2n) is 6.18. The number of hydrogen-bond donors (Lipinski definition) is 2. The quantitative estimate of drug-likeness (QED) is 0.576. The summed E-state index contributed by atoms with van der Waals surface area (Å²) in [7, 11) is 0. The van der Waals surface area contributed by atoms with Crippen molar-refractivity contribution in [2.45, 2.75) is 13.8 Å². The molecule has 1 heterocycles. The number of rotatable bonds is 5. The van der Waals surface area contributed by atoms with E-state index < -0.39 is 0 Å². The Balaban J connectivity index is 1.86. The van der Waals surface area contributed by atoms with Crippen molar-refractivity contribution in [3.8, 4) is 12.1 Å². The van der Waals surface area contributed by atoms with Crippen LogP contribution in [0.2, 0.25) is 5.28 Å². The van der Waals surface area contributed by atoms with E-state index in [9.17, 15) is 0 Å². The third-order valence-electron chi connectivity index (χ3n) is 4.02. The molecule has 0 spiro atoms. The zero-order chi connectivity index (χ0) is 20.8. The molecule has 3 aromatic rings. The van der Waals surface area contributed by atoms with E-state index in [0.717, 1.165) is 28.1 Å². The Hall–Kier alpha value is -3.94. The molecule has 142 valence electrons. The molecule has 0 aliphatic heterocycles. The molecular weight excluding hydrogens is 386 g/mol. The maximum Gasteiger partial charge on any atom is 0.233 e. The van der Waals surface area contributed by atoms with Crippen molar-refractivity contribution in [2.24, 2.45) is 0 Å². The van der Waals surface area contributed by atoms with Crippen LogP contribution in [0.5, 0.6) is 0 Å². The molecule has 29 heavy (non-hydrogen) atoms. The normalized spacial score (nSPS) is 10.4. The molecule has 7 nitrogen and oxygen atoms in total. The largest absolute Gasteiger partial charge is 0.324 e. The van der Waals surface area contributed by atoms with E-state index in [0.29, 0.717) is 11.5 Å². The predicted octanol–water partition coefficient (Wildman–Crippen LogP) is 5.04. The number of allylic oxidation sites excluding steroid dienone is 1. The molecule has 2 aromatic carbocycles. The lowest BCUT2D eigenvalue weighted by Crippen LogP contribution is -2.05. The zero-order valence-electron chi connectivity index (χ0n) is 15.7. The highest BCUT2D eigenvalue weighted by Gasteiger charge is 2.10. The van der Waals surface area contributed by atoms with Crippen LogP contribution in [0, 0.1) is 36.5 Å². The summed E-state index contributed by atoms with van der Waals surface area (Å²) >= 11 is 6.07. The first-order chi connectivity index (χ1) is 14.0. The number of anilines is 4. The average molecular weight is 402 g/mol. The summed E-state index contributed by atoms with van der Waals surface area (Å²) in [6, 6.07) is 14.9. The Morgan fingerprint density at radius 1 is 0.931 bits per heavy atom. The van der Waals surface area contributed by atoms with Crippen LogP contribution in [0.4, 0.5) is 23.3 Å². The highest BCUT2D eigenvalue weighted by atomic mass is 35.5. The first kappa shape index (κ1) is 19.8. The molecule has 0 radical (unpaired) electrons. The number of hydrogen-bond acceptors (Lipinski definition) is 7. The van der Waals surface area contributed by atoms with E-state index in [4.69, 9.17) is 22.1 Å². The maximum absolute atomic E-state index is 8.89. The van der Waals surface area contributed by atoms with Crippen LogP contribution < -0.4 is 10.6 Å².